The van der Waals surface area contributed by atoms with Crippen molar-refractivity contribution in [1.82, 2.24) is 10.6 Å². The van der Waals surface area contributed by atoms with Crippen LogP contribution in [0.25, 0.3) is 0 Å². The highest BCUT2D eigenvalue weighted by Gasteiger charge is 2.30. The van der Waals surface area contributed by atoms with Gasteiger partial charge in [0, 0.05) is 37.0 Å². The molecule has 6 nitrogen and oxygen atoms in total. The van der Waals surface area contributed by atoms with Gasteiger partial charge in [-0.15, -0.1) is 12.4 Å². The van der Waals surface area contributed by atoms with Crippen molar-refractivity contribution in [3.63, 3.8) is 0 Å². The van der Waals surface area contributed by atoms with Crippen LogP contribution in [-0.4, -0.2) is 48.3 Å². The second-order valence-electron chi connectivity index (χ2n) is 11.1. The maximum Gasteiger partial charge on any atom is 0.306 e. The second-order valence-corrected chi connectivity index (χ2v) is 11.1. The fourth-order valence-corrected chi connectivity index (χ4v) is 5.97. The van der Waals surface area contributed by atoms with Gasteiger partial charge >= 0.3 is 11.9 Å². The predicted octanol–water partition coefficient (Wildman–Crippen LogP) is 5.99. The molecule has 0 amide bonds. The normalized spacial score (nSPS) is 35.5. The van der Waals surface area contributed by atoms with Gasteiger partial charge in [0.2, 0.25) is 0 Å². The van der Waals surface area contributed by atoms with Crippen molar-refractivity contribution in [1.29, 1.82) is 0 Å². The van der Waals surface area contributed by atoms with E-state index in [0.29, 0.717) is 24.9 Å². The Morgan fingerprint density at radius 1 is 0.543 bits per heavy atom. The van der Waals surface area contributed by atoms with Gasteiger partial charge in [0.1, 0.15) is 12.2 Å². The van der Waals surface area contributed by atoms with Crippen molar-refractivity contribution in [2.24, 2.45) is 0 Å². The molecule has 0 spiro atoms. The first-order valence-corrected chi connectivity index (χ1v) is 14.4. The number of carbonyl (C=O) groups excluding carboxylic acids is 2. The van der Waals surface area contributed by atoms with Gasteiger partial charge < -0.3 is 20.1 Å². The van der Waals surface area contributed by atoms with Gasteiger partial charge in [-0.25, -0.2) is 0 Å². The van der Waals surface area contributed by atoms with Crippen LogP contribution in [0.5, 0.6) is 0 Å². The predicted molar refractivity (Wildman–Crippen MR) is 143 cm³/mol. The first-order valence-electron chi connectivity index (χ1n) is 14.4. The average molecular weight is 515 g/mol. The summed E-state index contributed by atoms with van der Waals surface area (Å²) >= 11 is 0. The van der Waals surface area contributed by atoms with Crippen LogP contribution in [0, 0.1) is 0 Å². The van der Waals surface area contributed by atoms with Crippen molar-refractivity contribution >= 4 is 24.3 Å². The lowest BCUT2D eigenvalue weighted by Gasteiger charge is -2.35. The fraction of sp³-hybridized carbons (Fsp3) is 0.929. The highest BCUT2D eigenvalue weighted by molar-refractivity contribution is 5.85. The van der Waals surface area contributed by atoms with Crippen molar-refractivity contribution in [2.75, 3.05) is 0 Å². The molecular weight excluding hydrogens is 464 g/mol. The molecule has 6 aliphatic rings. The lowest BCUT2D eigenvalue weighted by molar-refractivity contribution is -0.153. The van der Waals surface area contributed by atoms with Crippen LogP contribution in [-0.2, 0) is 19.1 Å². The van der Waals surface area contributed by atoms with Crippen molar-refractivity contribution in [2.45, 2.75) is 166 Å². The SMILES string of the molecule is CC1N[C@@H]2CCCCCCCC(=O)O[C@H]3CC[C@@H](CCCCCCCC(=O)O[C@H]1CC2)N[C@H]3C.Cl. The fourth-order valence-electron chi connectivity index (χ4n) is 5.97. The monoisotopic (exact) mass is 514 g/mol. The van der Waals surface area contributed by atoms with Crippen LogP contribution < -0.4 is 10.6 Å². The molecule has 0 aliphatic carbocycles. The molecule has 6 rings (SSSR count). The number of esters is 2. The van der Waals surface area contributed by atoms with E-state index >= 15 is 0 Å². The Hall–Kier alpha value is -0.850. The molecule has 0 aromatic rings. The molecule has 35 heavy (non-hydrogen) atoms. The van der Waals surface area contributed by atoms with E-state index in [9.17, 15) is 9.59 Å². The van der Waals surface area contributed by atoms with E-state index in [-0.39, 0.29) is 48.6 Å². The minimum Gasteiger partial charge on any atom is -0.461 e. The molecule has 2 N–H and O–H groups in total. The van der Waals surface area contributed by atoms with E-state index in [4.69, 9.17) is 9.47 Å². The van der Waals surface area contributed by atoms with E-state index in [1.165, 1.54) is 51.4 Å². The summed E-state index contributed by atoms with van der Waals surface area (Å²) in [5.41, 5.74) is 0. The molecule has 6 aliphatic heterocycles. The molecule has 0 aromatic heterocycles. The number of nitrogens with one attached hydrogen (secondary N) is 2. The molecule has 4 bridgehead atoms. The summed E-state index contributed by atoms with van der Waals surface area (Å²) in [5.74, 6) is -0.0385. The minimum atomic E-state index is -0.0193. The number of halogens is 1. The number of carbonyl (C=O) groups is 2. The Labute approximate surface area is 219 Å². The van der Waals surface area contributed by atoms with Gasteiger partial charge in [-0.2, -0.15) is 0 Å². The number of hydrogen-bond donors (Lipinski definition) is 2. The third-order valence-corrected chi connectivity index (χ3v) is 8.14. The summed E-state index contributed by atoms with van der Waals surface area (Å²) in [5, 5.41) is 7.35. The smallest absolute Gasteiger partial charge is 0.306 e. The largest absolute Gasteiger partial charge is 0.461 e. The first-order chi connectivity index (χ1) is 16.5. The highest BCUT2D eigenvalue weighted by atomic mass is 35.5. The quantitative estimate of drug-likeness (QED) is 0.387. The van der Waals surface area contributed by atoms with Crippen molar-refractivity contribution in [3.05, 3.63) is 0 Å². The first kappa shape index (κ1) is 30.4. The van der Waals surface area contributed by atoms with E-state index in [2.05, 4.69) is 24.5 Å². The highest BCUT2D eigenvalue weighted by Crippen LogP contribution is 2.23. The van der Waals surface area contributed by atoms with Crippen LogP contribution in [0.4, 0.5) is 0 Å². The zero-order valence-electron chi connectivity index (χ0n) is 22.2. The molecule has 7 heteroatoms. The van der Waals surface area contributed by atoms with Gasteiger partial charge in [-0.05, 0) is 65.2 Å². The Bertz CT molecular complexity index is 568. The van der Waals surface area contributed by atoms with Crippen LogP contribution in [0.15, 0.2) is 0 Å². The van der Waals surface area contributed by atoms with Crippen molar-refractivity contribution < 1.29 is 19.1 Å². The van der Waals surface area contributed by atoms with Gasteiger partial charge in [0.15, 0.2) is 0 Å². The molecule has 6 fully saturated rings. The molecule has 1 unspecified atom stereocenters. The van der Waals surface area contributed by atoms with Gasteiger partial charge in [-0.3, -0.25) is 9.59 Å². The van der Waals surface area contributed by atoms with Gasteiger partial charge in [0.25, 0.3) is 0 Å². The molecule has 6 saturated heterocycles. The van der Waals surface area contributed by atoms with Crippen LogP contribution >= 0.6 is 12.4 Å². The molecule has 6 heterocycles. The molecule has 6 atom stereocenters. The van der Waals surface area contributed by atoms with Crippen LogP contribution in [0.3, 0.4) is 0 Å². The molecule has 204 valence electrons. The van der Waals surface area contributed by atoms with Crippen LogP contribution in [0.1, 0.15) is 129 Å². The maximum absolute atomic E-state index is 12.3. The number of rotatable bonds is 0. The molecule has 0 aromatic carbocycles. The number of piperidine rings is 2. The summed E-state index contributed by atoms with van der Waals surface area (Å²) in [6.07, 6.45) is 18.9. The van der Waals surface area contributed by atoms with Gasteiger partial charge in [0.05, 0.1) is 0 Å². The summed E-state index contributed by atoms with van der Waals surface area (Å²) in [4.78, 5) is 24.6. The summed E-state index contributed by atoms with van der Waals surface area (Å²) in [7, 11) is 0. The van der Waals surface area contributed by atoms with E-state index in [1.54, 1.807) is 0 Å². The summed E-state index contributed by atoms with van der Waals surface area (Å²) in [6.45, 7) is 4.31. The Balaban J connectivity index is 0.00000432. The molecular formula is C28H51ClN2O4. The zero-order valence-corrected chi connectivity index (χ0v) is 23.0. The maximum atomic E-state index is 12.3. The van der Waals surface area contributed by atoms with E-state index in [0.717, 1.165) is 51.4 Å². The standard InChI is InChI=1S/C28H50N2O4.ClH/c1-21-25-19-17-23(29-21)13-9-5-3-8-12-16-28(32)34-26-20-18-24(30-22(26)2)14-10-6-4-7-11-15-27(31)33-25;/h21-26,29-30H,3-20H2,1-2H3;1H/t21-,22?,23+,24+,25-,26-;/m0./s1. The van der Waals surface area contributed by atoms with Crippen molar-refractivity contribution in [3.8, 4) is 0 Å². The summed E-state index contributed by atoms with van der Waals surface area (Å²) < 4.78 is 11.6. The van der Waals surface area contributed by atoms with Gasteiger partial charge in [-0.1, -0.05) is 51.4 Å². The number of hydrogen-bond acceptors (Lipinski definition) is 6. The second kappa shape index (κ2) is 16.8. The Morgan fingerprint density at radius 3 is 1.31 bits per heavy atom. The lowest BCUT2D eigenvalue weighted by atomic mass is 9.92. The van der Waals surface area contributed by atoms with E-state index < -0.39 is 0 Å². The topological polar surface area (TPSA) is 76.7 Å². The third-order valence-electron chi connectivity index (χ3n) is 8.14. The molecule has 0 radical (unpaired) electrons. The number of ether oxygens (including phenoxy) is 2. The van der Waals surface area contributed by atoms with E-state index in [1.807, 2.05) is 0 Å². The summed E-state index contributed by atoms with van der Waals surface area (Å²) in [6, 6.07) is 1.53. The average Bonchev–Trinajstić information content (AvgIpc) is 2.80. The third kappa shape index (κ3) is 11.4. The minimum absolute atomic E-state index is 0. The molecule has 0 saturated carbocycles. The Morgan fingerprint density at radius 2 is 0.914 bits per heavy atom. The van der Waals surface area contributed by atoms with Crippen LogP contribution in [0.2, 0.25) is 0 Å². The Kier molecular flexibility index (Phi) is 14.6. The zero-order chi connectivity index (χ0) is 24.2. The lowest BCUT2D eigenvalue weighted by Crippen LogP contribution is -2.50.